The first-order chi connectivity index (χ1) is 10.9. The highest BCUT2D eigenvalue weighted by atomic mass is 16.4. The fourth-order valence-corrected chi connectivity index (χ4v) is 2.83. The van der Waals surface area contributed by atoms with E-state index in [1.807, 2.05) is 26.8 Å². The number of aromatic nitrogens is 3. The molecule has 122 valence electrons. The van der Waals surface area contributed by atoms with Crippen LogP contribution in [0.25, 0.3) is 5.65 Å². The van der Waals surface area contributed by atoms with Crippen LogP contribution >= 0.6 is 0 Å². The van der Waals surface area contributed by atoms with Gasteiger partial charge in [0.2, 0.25) is 0 Å². The van der Waals surface area contributed by atoms with Crippen molar-refractivity contribution in [3.8, 4) is 0 Å². The van der Waals surface area contributed by atoms with Crippen molar-refractivity contribution >= 4 is 23.5 Å². The first kappa shape index (κ1) is 15.3. The average Bonchev–Trinajstić information content (AvgIpc) is 3.09. The van der Waals surface area contributed by atoms with Crippen molar-refractivity contribution in [3.63, 3.8) is 0 Å². The van der Waals surface area contributed by atoms with E-state index in [1.54, 1.807) is 14.2 Å². The Labute approximate surface area is 133 Å². The highest BCUT2D eigenvalue weighted by Gasteiger charge is 2.32. The highest BCUT2D eigenvalue weighted by molar-refractivity contribution is 5.95. The van der Waals surface area contributed by atoms with Gasteiger partial charge >= 0.3 is 12.0 Å². The van der Waals surface area contributed by atoms with Crippen molar-refractivity contribution in [2.24, 2.45) is 0 Å². The molecule has 1 aliphatic heterocycles. The summed E-state index contributed by atoms with van der Waals surface area (Å²) in [7, 11) is 0. The van der Waals surface area contributed by atoms with Crippen LogP contribution in [0.2, 0.25) is 0 Å². The van der Waals surface area contributed by atoms with Gasteiger partial charge in [0.25, 0.3) is 0 Å². The van der Waals surface area contributed by atoms with E-state index >= 15 is 0 Å². The van der Waals surface area contributed by atoms with Crippen LogP contribution in [0.4, 0.5) is 10.6 Å². The third-order valence-electron chi connectivity index (χ3n) is 4.07. The third-order valence-corrected chi connectivity index (χ3v) is 4.07. The van der Waals surface area contributed by atoms with Gasteiger partial charge in [-0.1, -0.05) is 6.92 Å². The Balaban J connectivity index is 2.10. The van der Waals surface area contributed by atoms with E-state index in [0.717, 1.165) is 5.69 Å². The lowest BCUT2D eigenvalue weighted by Crippen LogP contribution is -2.36. The lowest BCUT2D eigenvalue weighted by atomic mass is 10.3. The van der Waals surface area contributed by atoms with Gasteiger partial charge in [-0.05, 0) is 20.3 Å². The number of rotatable bonds is 4. The molecule has 1 N–H and O–H groups in total. The Kier molecular flexibility index (Phi) is 3.67. The van der Waals surface area contributed by atoms with Crippen LogP contribution in [0.15, 0.2) is 12.4 Å². The molecule has 0 aliphatic carbocycles. The van der Waals surface area contributed by atoms with E-state index in [-0.39, 0.29) is 23.4 Å². The van der Waals surface area contributed by atoms with Crippen LogP contribution in [-0.2, 0) is 6.42 Å². The average molecular weight is 317 g/mol. The molecule has 3 rings (SSSR count). The summed E-state index contributed by atoms with van der Waals surface area (Å²) in [5, 5.41) is 9.25. The van der Waals surface area contributed by atoms with Crippen LogP contribution in [-0.4, -0.2) is 55.5 Å². The molecule has 2 aromatic rings. The Morgan fingerprint density at radius 1 is 1.39 bits per heavy atom. The minimum absolute atomic E-state index is 0.102. The van der Waals surface area contributed by atoms with Gasteiger partial charge in [-0.2, -0.15) is 0 Å². The number of carbonyl (C=O) groups excluding carboxylic acids is 1. The van der Waals surface area contributed by atoms with E-state index < -0.39 is 5.97 Å². The largest absolute Gasteiger partial charge is 0.476 e. The number of urea groups is 1. The zero-order chi connectivity index (χ0) is 16.7. The summed E-state index contributed by atoms with van der Waals surface area (Å²) in [5.74, 6) is -0.652. The summed E-state index contributed by atoms with van der Waals surface area (Å²) < 4.78 is 1.66. The third kappa shape index (κ3) is 2.39. The normalized spacial score (nSPS) is 15.2. The van der Waals surface area contributed by atoms with Gasteiger partial charge in [0.15, 0.2) is 11.3 Å². The van der Waals surface area contributed by atoms with E-state index in [4.69, 9.17) is 0 Å². The molecule has 3 heterocycles. The molecule has 0 unspecified atom stereocenters. The molecule has 0 spiro atoms. The number of amides is 2. The second kappa shape index (κ2) is 5.53. The van der Waals surface area contributed by atoms with Gasteiger partial charge in [-0.25, -0.2) is 19.6 Å². The summed E-state index contributed by atoms with van der Waals surface area (Å²) in [6, 6.07) is 1.84. The molecule has 1 aliphatic rings. The topological polar surface area (TPSA) is 91.0 Å². The number of carboxylic acids is 1. The van der Waals surface area contributed by atoms with Crippen LogP contribution in [0.5, 0.6) is 0 Å². The van der Waals surface area contributed by atoms with Gasteiger partial charge in [0.05, 0.1) is 0 Å². The molecule has 8 nitrogen and oxygen atoms in total. The summed E-state index contributed by atoms with van der Waals surface area (Å²) in [4.78, 5) is 35.5. The Hall–Kier alpha value is -2.64. The first-order valence-corrected chi connectivity index (χ1v) is 7.62. The fraction of sp³-hybridized carbons (Fsp3) is 0.467. The maximum Gasteiger partial charge on any atom is 0.358 e. The molecule has 1 saturated heterocycles. The Bertz CT molecular complexity index is 783. The highest BCUT2D eigenvalue weighted by Crippen LogP contribution is 2.23. The second-order valence-corrected chi connectivity index (χ2v) is 5.77. The van der Waals surface area contributed by atoms with Gasteiger partial charge in [-0.15, -0.1) is 0 Å². The molecule has 0 aromatic carbocycles. The lowest BCUT2D eigenvalue weighted by molar-refractivity contribution is 0.0693. The molecule has 23 heavy (non-hydrogen) atoms. The maximum absolute atomic E-state index is 12.5. The van der Waals surface area contributed by atoms with Crippen molar-refractivity contribution in [1.82, 2.24) is 19.3 Å². The van der Waals surface area contributed by atoms with Crippen molar-refractivity contribution in [2.45, 2.75) is 33.2 Å². The second-order valence-electron chi connectivity index (χ2n) is 5.77. The zero-order valence-electron chi connectivity index (χ0n) is 13.4. The molecular weight excluding hydrogens is 298 g/mol. The Morgan fingerprint density at radius 3 is 2.70 bits per heavy atom. The van der Waals surface area contributed by atoms with Gasteiger partial charge in [0.1, 0.15) is 12.1 Å². The Morgan fingerprint density at radius 2 is 2.13 bits per heavy atom. The minimum atomic E-state index is -1.13. The van der Waals surface area contributed by atoms with Gasteiger partial charge in [0, 0.05) is 30.9 Å². The van der Waals surface area contributed by atoms with Crippen molar-refractivity contribution < 1.29 is 14.7 Å². The summed E-state index contributed by atoms with van der Waals surface area (Å²) in [5.41, 5.74) is 1.03. The molecule has 2 amide bonds. The van der Waals surface area contributed by atoms with Crippen molar-refractivity contribution in [3.05, 3.63) is 23.8 Å². The number of carbonyl (C=O) groups is 2. The fourth-order valence-electron chi connectivity index (χ4n) is 2.83. The number of imidazole rings is 1. The van der Waals surface area contributed by atoms with Crippen molar-refractivity contribution in [2.75, 3.05) is 18.0 Å². The molecule has 8 heteroatoms. The smallest absolute Gasteiger partial charge is 0.358 e. The molecule has 1 fully saturated rings. The molecule has 0 atom stereocenters. The molecule has 0 saturated carbocycles. The number of fused-ring (bicyclic) bond motifs is 1. The minimum Gasteiger partial charge on any atom is -0.476 e. The summed E-state index contributed by atoms with van der Waals surface area (Å²) >= 11 is 0. The standard InChI is InChI=1S/C15H19N5O3/c1-4-10-7-11(19-6-5-18(9(2)3)15(19)23)17-13-12(14(21)22)16-8-20(10)13/h7-9H,4-6H2,1-3H3,(H,21,22). The maximum atomic E-state index is 12.5. The predicted molar refractivity (Wildman–Crippen MR) is 83.9 cm³/mol. The first-order valence-electron chi connectivity index (χ1n) is 7.62. The molecular formula is C15H19N5O3. The molecule has 2 aromatic heterocycles. The monoisotopic (exact) mass is 317 g/mol. The quantitative estimate of drug-likeness (QED) is 0.925. The van der Waals surface area contributed by atoms with Crippen LogP contribution in [0, 0.1) is 0 Å². The zero-order valence-corrected chi connectivity index (χ0v) is 13.4. The van der Waals surface area contributed by atoms with E-state index in [0.29, 0.717) is 25.3 Å². The van der Waals surface area contributed by atoms with E-state index in [9.17, 15) is 14.7 Å². The summed E-state index contributed by atoms with van der Waals surface area (Å²) in [6.07, 6.45) is 2.14. The predicted octanol–water partition coefficient (Wildman–Crippen LogP) is 1.64. The number of nitrogens with zero attached hydrogens (tertiary/aromatic N) is 5. The number of hydrogen-bond acceptors (Lipinski definition) is 4. The van der Waals surface area contributed by atoms with Crippen LogP contribution in [0.1, 0.15) is 37.0 Å². The number of carboxylic acid groups (broad SMARTS) is 1. The SMILES string of the molecule is CCc1cc(N2CCN(C(C)C)C2=O)nc2c(C(=O)O)ncn12. The van der Waals surface area contributed by atoms with Gasteiger partial charge < -0.3 is 10.0 Å². The van der Waals surface area contributed by atoms with E-state index in [1.165, 1.54) is 6.33 Å². The number of hydrogen-bond donors (Lipinski definition) is 1. The van der Waals surface area contributed by atoms with Crippen LogP contribution in [0.3, 0.4) is 0 Å². The number of aryl methyl sites for hydroxylation is 1. The number of aromatic carboxylic acids is 1. The van der Waals surface area contributed by atoms with E-state index in [2.05, 4.69) is 9.97 Å². The number of anilines is 1. The molecule has 0 radical (unpaired) electrons. The lowest BCUT2D eigenvalue weighted by Gasteiger charge is -2.21. The molecule has 0 bridgehead atoms. The van der Waals surface area contributed by atoms with Gasteiger partial charge in [-0.3, -0.25) is 9.30 Å². The van der Waals surface area contributed by atoms with Crippen molar-refractivity contribution in [1.29, 1.82) is 0 Å². The van der Waals surface area contributed by atoms with Crippen LogP contribution < -0.4 is 4.90 Å². The summed E-state index contributed by atoms with van der Waals surface area (Å²) in [6.45, 7) is 7.07.